The Bertz CT molecular complexity index is 1580. The third kappa shape index (κ3) is 8.26. The molecule has 0 radical (unpaired) electrons. The molecule has 3 aliphatic heterocycles. The highest BCUT2D eigenvalue weighted by molar-refractivity contribution is 5.78. The van der Waals surface area contributed by atoms with Gasteiger partial charge in [-0.2, -0.15) is 0 Å². The second-order valence-electron chi connectivity index (χ2n) is 12.4. The highest BCUT2D eigenvalue weighted by Crippen LogP contribution is 2.27. The zero-order chi connectivity index (χ0) is 31.0. The van der Waals surface area contributed by atoms with Crippen molar-refractivity contribution in [2.45, 2.75) is 45.7 Å². The number of aromatic nitrogens is 2. The number of carbonyl (C=O) groups excluding carboxylic acids is 1. The molecule has 1 fully saturated rings. The molecule has 234 valence electrons. The number of piperidine rings is 1. The van der Waals surface area contributed by atoms with Crippen LogP contribution >= 0.6 is 0 Å². The first-order chi connectivity index (χ1) is 22.0. The minimum absolute atomic E-state index is 0.0794. The molecule has 1 aromatic heterocycles. The Kier molecular flexibility index (Phi) is 10.0. The molecule has 8 nitrogen and oxygen atoms in total. The lowest BCUT2D eigenvalue weighted by Crippen LogP contribution is -2.42. The Morgan fingerprint density at radius 3 is 2.62 bits per heavy atom. The highest BCUT2D eigenvalue weighted by Gasteiger charge is 2.25. The van der Waals surface area contributed by atoms with Crippen molar-refractivity contribution >= 4 is 23.2 Å². The first kappa shape index (κ1) is 30.7. The topological polar surface area (TPSA) is 85.4 Å². The van der Waals surface area contributed by atoms with Gasteiger partial charge in [0.15, 0.2) is 0 Å². The van der Waals surface area contributed by atoms with Crippen molar-refractivity contribution in [2.75, 3.05) is 50.4 Å². The number of likely N-dealkylation sites (N-methyl/N-ethyl adjacent to an activating group) is 1. The van der Waals surface area contributed by atoms with Gasteiger partial charge in [-0.05, 0) is 98.4 Å². The van der Waals surface area contributed by atoms with E-state index in [-0.39, 0.29) is 11.8 Å². The van der Waals surface area contributed by atoms with Gasteiger partial charge in [-0.15, -0.1) is 0 Å². The van der Waals surface area contributed by atoms with Crippen molar-refractivity contribution in [3.63, 3.8) is 0 Å². The van der Waals surface area contributed by atoms with Crippen LogP contribution in [0.1, 0.15) is 42.0 Å². The Balaban J connectivity index is 1.29. The number of nitrogens with one attached hydrogen (secondary N) is 3. The average molecular weight is 604 g/mol. The van der Waals surface area contributed by atoms with Gasteiger partial charge in [0.05, 0.1) is 5.69 Å². The third-order valence-corrected chi connectivity index (χ3v) is 8.97. The van der Waals surface area contributed by atoms with Crippen LogP contribution in [0.2, 0.25) is 0 Å². The van der Waals surface area contributed by atoms with Gasteiger partial charge < -0.3 is 20.9 Å². The number of aryl methyl sites for hydroxylation is 1. The van der Waals surface area contributed by atoms with Crippen molar-refractivity contribution in [1.29, 1.82) is 0 Å². The molecule has 1 saturated heterocycles. The molecule has 4 aromatic rings. The van der Waals surface area contributed by atoms with Gasteiger partial charge in [0.1, 0.15) is 0 Å². The van der Waals surface area contributed by atoms with Gasteiger partial charge in [0.25, 0.3) is 0 Å². The molecule has 0 atom stereocenters. The summed E-state index contributed by atoms with van der Waals surface area (Å²) in [6, 6.07) is 25.7. The Labute approximate surface area is 267 Å². The standard InChI is InChI=1S/C37H45N7O/c1-3-29-9-10-31-23-32(29)26-43(2)20-17-39-36(45)30-13-18-44(19-14-30)25-28-21-33(38-15-11-27-7-5-4-6-8-27)24-34(22-28)41-37-40-16-12-35(31)42-37/h4-10,12,16,21-24,30,38H,3,11,13-15,17-20,25-26H2,1-2H3,(H,39,45)(H,40,41,42). The summed E-state index contributed by atoms with van der Waals surface area (Å²) >= 11 is 0. The molecule has 0 spiro atoms. The second kappa shape index (κ2) is 14.7. The minimum atomic E-state index is 0.0794. The van der Waals surface area contributed by atoms with Crippen LogP contribution in [0, 0.1) is 5.92 Å². The largest absolute Gasteiger partial charge is 0.385 e. The molecule has 4 heterocycles. The molecule has 1 amide bonds. The van der Waals surface area contributed by atoms with Gasteiger partial charge in [0, 0.05) is 61.8 Å². The lowest BCUT2D eigenvalue weighted by atomic mass is 9.95. The smallest absolute Gasteiger partial charge is 0.227 e. The number of anilines is 3. The molecule has 0 unspecified atom stereocenters. The van der Waals surface area contributed by atoms with E-state index in [9.17, 15) is 4.79 Å². The zero-order valence-electron chi connectivity index (χ0n) is 26.6. The predicted molar refractivity (Wildman–Crippen MR) is 183 cm³/mol. The van der Waals surface area contributed by atoms with Crippen molar-refractivity contribution in [2.24, 2.45) is 5.92 Å². The Morgan fingerprint density at radius 2 is 1.80 bits per heavy atom. The number of fused-ring (bicyclic) bond motifs is 7. The van der Waals surface area contributed by atoms with Crippen molar-refractivity contribution < 1.29 is 4.79 Å². The van der Waals surface area contributed by atoms with E-state index in [2.05, 4.69) is 111 Å². The lowest BCUT2D eigenvalue weighted by Gasteiger charge is -2.31. The predicted octanol–water partition coefficient (Wildman–Crippen LogP) is 5.88. The van der Waals surface area contributed by atoms with Crippen LogP contribution in [-0.2, 0) is 30.7 Å². The van der Waals surface area contributed by atoms with Gasteiger partial charge in [-0.25, -0.2) is 9.97 Å². The van der Waals surface area contributed by atoms with E-state index < -0.39 is 0 Å². The van der Waals surface area contributed by atoms with Gasteiger partial charge in [-0.3, -0.25) is 9.69 Å². The summed E-state index contributed by atoms with van der Waals surface area (Å²) in [5, 5.41) is 10.4. The fraction of sp³-hybridized carbons (Fsp3) is 0.378. The maximum absolute atomic E-state index is 13.0. The van der Waals surface area contributed by atoms with E-state index in [1.165, 1.54) is 22.3 Å². The Hall–Kier alpha value is -4.27. The van der Waals surface area contributed by atoms with Crippen LogP contribution in [0.4, 0.5) is 17.3 Å². The van der Waals surface area contributed by atoms with E-state index in [4.69, 9.17) is 4.98 Å². The summed E-state index contributed by atoms with van der Waals surface area (Å²) < 4.78 is 0. The summed E-state index contributed by atoms with van der Waals surface area (Å²) in [6.45, 7) is 7.96. The van der Waals surface area contributed by atoms with Crippen LogP contribution in [0.25, 0.3) is 11.3 Å². The van der Waals surface area contributed by atoms with Crippen molar-refractivity contribution in [1.82, 2.24) is 25.1 Å². The van der Waals surface area contributed by atoms with Gasteiger partial charge in [-0.1, -0.05) is 49.4 Å². The van der Waals surface area contributed by atoms with Gasteiger partial charge in [0.2, 0.25) is 11.9 Å². The fourth-order valence-corrected chi connectivity index (χ4v) is 6.44. The number of benzene rings is 3. The number of amides is 1. The zero-order valence-corrected chi connectivity index (χ0v) is 26.6. The number of rotatable bonds is 5. The highest BCUT2D eigenvalue weighted by atomic mass is 16.1. The van der Waals surface area contributed by atoms with Crippen LogP contribution in [0.15, 0.2) is 79.0 Å². The summed E-state index contributed by atoms with van der Waals surface area (Å²) in [6.07, 6.45) is 5.51. The van der Waals surface area contributed by atoms with Crippen LogP contribution in [-0.4, -0.2) is 65.4 Å². The SMILES string of the molecule is CCc1ccc2cc1CN(C)CCNC(=O)C1CCN(CC1)Cc1cc(NCCc3ccccc3)cc(c1)Nc1nccc-2n1. The second-order valence-corrected chi connectivity index (χ2v) is 12.4. The molecule has 3 aromatic carbocycles. The molecule has 3 aliphatic rings. The molecule has 7 rings (SSSR count). The van der Waals surface area contributed by atoms with Crippen LogP contribution < -0.4 is 16.0 Å². The number of hydrogen-bond donors (Lipinski definition) is 3. The fourth-order valence-electron chi connectivity index (χ4n) is 6.44. The average Bonchev–Trinajstić information content (AvgIpc) is 3.05. The summed E-state index contributed by atoms with van der Waals surface area (Å²) in [5.41, 5.74) is 9.13. The quantitative estimate of drug-likeness (QED) is 0.263. The maximum atomic E-state index is 13.0. The number of carbonyl (C=O) groups is 1. The molecule has 45 heavy (non-hydrogen) atoms. The lowest BCUT2D eigenvalue weighted by molar-refractivity contribution is -0.126. The van der Waals surface area contributed by atoms with Crippen LogP contribution in [0.3, 0.4) is 0 Å². The molecular weight excluding hydrogens is 558 g/mol. The van der Waals surface area contributed by atoms with E-state index in [1.54, 1.807) is 0 Å². The van der Waals surface area contributed by atoms with E-state index in [0.717, 1.165) is 87.6 Å². The number of nitrogens with zero attached hydrogens (tertiary/aromatic N) is 4. The van der Waals surface area contributed by atoms with Crippen molar-refractivity contribution in [3.05, 3.63) is 101 Å². The molecular formula is C37H45N7O. The normalized spacial score (nSPS) is 19.2. The van der Waals surface area contributed by atoms with Crippen LogP contribution in [0.5, 0.6) is 0 Å². The first-order valence-electron chi connectivity index (χ1n) is 16.3. The summed E-state index contributed by atoms with van der Waals surface area (Å²) in [4.78, 5) is 27.3. The monoisotopic (exact) mass is 603 g/mol. The first-order valence-corrected chi connectivity index (χ1v) is 16.3. The van der Waals surface area contributed by atoms with E-state index >= 15 is 0 Å². The molecule has 8 bridgehead atoms. The summed E-state index contributed by atoms with van der Waals surface area (Å²) in [7, 11) is 2.12. The molecule has 0 aliphatic carbocycles. The minimum Gasteiger partial charge on any atom is -0.385 e. The van der Waals surface area contributed by atoms with Gasteiger partial charge >= 0.3 is 0 Å². The Morgan fingerprint density at radius 1 is 0.956 bits per heavy atom. The summed E-state index contributed by atoms with van der Waals surface area (Å²) in [5.74, 6) is 0.851. The molecule has 0 saturated carbocycles. The van der Waals surface area contributed by atoms with E-state index in [1.807, 2.05) is 12.3 Å². The number of hydrogen-bond acceptors (Lipinski definition) is 7. The van der Waals surface area contributed by atoms with E-state index in [0.29, 0.717) is 12.5 Å². The molecule has 3 N–H and O–H groups in total. The maximum Gasteiger partial charge on any atom is 0.227 e. The third-order valence-electron chi connectivity index (χ3n) is 8.97. The van der Waals surface area contributed by atoms with Crippen molar-refractivity contribution in [3.8, 4) is 11.3 Å². The molecule has 8 heteroatoms.